The van der Waals surface area contributed by atoms with Crippen molar-refractivity contribution in [3.05, 3.63) is 0 Å². The number of rotatable bonds is 7. The molecule has 1 aliphatic rings. The quantitative estimate of drug-likeness (QED) is 0.410. The van der Waals surface area contributed by atoms with Crippen LogP contribution < -0.4 is 0 Å². The second-order valence-corrected chi connectivity index (χ2v) is 10.6. The van der Waals surface area contributed by atoms with Crippen LogP contribution in [0.2, 0.25) is 5.04 Å². The first-order valence-electron chi connectivity index (χ1n) is 7.66. The summed E-state index contributed by atoms with van der Waals surface area (Å²) in [5.41, 5.74) is -0.322. The summed E-state index contributed by atoms with van der Waals surface area (Å²) in [6, 6.07) is 0. The molecule has 1 heterocycles. The molecule has 118 valence electrons. The average molecular weight is 320 g/mol. The monoisotopic (exact) mass is 319 g/mol. The van der Waals surface area contributed by atoms with Crippen molar-refractivity contribution in [3.8, 4) is 0 Å². The number of carbonyl (C=O) groups is 1. The fraction of sp³-hybridized carbons (Fsp3) is 0.933. The van der Waals surface area contributed by atoms with Crippen molar-refractivity contribution in [2.24, 2.45) is 5.92 Å². The molecule has 20 heavy (non-hydrogen) atoms. The number of carbonyl (C=O) groups excluding carboxylic acids is 1. The topological polar surface area (TPSA) is 29.5 Å². The van der Waals surface area contributed by atoms with Crippen LogP contribution in [-0.2, 0) is 9.22 Å². The predicted molar refractivity (Wildman–Crippen MR) is 88.1 cm³/mol. The van der Waals surface area contributed by atoms with Crippen molar-refractivity contribution in [1.29, 1.82) is 0 Å². The maximum Gasteiger partial charge on any atom is 0.228 e. The van der Waals surface area contributed by atoms with E-state index >= 15 is 0 Å². The molecule has 0 radical (unpaired) electrons. The summed E-state index contributed by atoms with van der Waals surface area (Å²) in [5.74, 6) is 0.970. The number of unbranched alkanes of at least 4 members (excludes halogenated alkanes) is 1. The lowest BCUT2D eigenvalue weighted by atomic mass is 9.90. The van der Waals surface area contributed by atoms with Gasteiger partial charge in [0.1, 0.15) is 0 Å². The SMILES string of the molecule is CC(C)(C)[SiH2]OC(C)(C)C1CCN(CCCCCl)C1=O. The van der Waals surface area contributed by atoms with E-state index in [2.05, 4.69) is 34.6 Å². The molecule has 0 aromatic carbocycles. The van der Waals surface area contributed by atoms with Crippen molar-refractivity contribution >= 4 is 27.3 Å². The van der Waals surface area contributed by atoms with Gasteiger partial charge in [-0.2, -0.15) is 0 Å². The summed E-state index contributed by atoms with van der Waals surface area (Å²) >= 11 is 5.69. The van der Waals surface area contributed by atoms with Crippen LogP contribution >= 0.6 is 11.6 Å². The van der Waals surface area contributed by atoms with Gasteiger partial charge >= 0.3 is 0 Å². The zero-order valence-electron chi connectivity index (χ0n) is 13.7. The van der Waals surface area contributed by atoms with Crippen molar-refractivity contribution in [2.75, 3.05) is 19.0 Å². The highest BCUT2D eigenvalue weighted by Gasteiger charge is 2.42. The van der Waals surface area contributed by atoms with E-state index in [1.54, 1.807) is 0 Å². The molecule has 1 rings (SSSR count). The van der Waals surface area contributed by atoms with Crippen molar-refractivity contribution in [2.45, 2.75) is 64.5 Å². The van der Waals surface area contributed by atoms with Crippen molar-refractivity contribution in [1.82, 2.24) is 4.90 Å². The molecule has 1 fully saturated rings. The summed E-state index contributed by atoms with van der Waals surface area (Å²) in [5, 5.41) is 0.263. The van der Waals surface area contributed by atoms with Gasteiger partial charge in [0.15, 0.2) is 9.76 Å². The highest BCUT2D eigenvalue weighted by atomic mass is 35.5. The van der Waals surface area contributed by atoms with Gasteiger partial charge in [-0.05, 0) is 38.1 Å². The molecule has 0 spiro atoms. The van der Waals surface area contributed by atoms with Crippen LogP contribution in [-0.4, -0.2) is 45.1 Å². The third-order valence-electron chi connectivity index (χ3n) is 3.83. The van der Waals surface area contributed by atoms with Crippen LogP contribution in [0.1, 0.15) is 53.9 Å². The number of hydrogen-bond acceptors (Lipinski definition) is 2. The lowest BCUT2D eigenvalue weighted by Gasteiger charge is -2.34. The van der Waals surface area contributed by atoms with Gasteiger partial charge in [0.25, 0.3) is 0 Å². The summed E-state index contributed by atoms with van der Waals surface area (Å²) in [6.07, 6.45) is 2.90. The normalized spacial score (nSPS) is 21.4. The van der Waals surface area contributed by atoms with Gasteiger partial charge in [-0.15, -0.1) is 11.6 Å². The maximum absolute atomic E-state index is 12.5. The fourth-order valence-electron chi connectivity index (χ4n) is 2.51. The molecule has 1 atom stereocenters. The summed E-state index contributed by atoms with van der Waals surface area (Å²) in [6.45, 7) is 12.5. The van der Waals surface area contributed by atoms with E-state index in [1.165, 1.54) is 0 Å². The van der Waals surface area contributed by atoms with E-state index in [9.17, 15) is 4.79 Å². The Labute approximate surface area is 131 Å². The Morgan fingerprint density at radius 3 is 2.50 bits per heavy atom. The third kappa shape index (κ3) is 5.38. The lowest BCUT2D eigenvalue weighted by Crippen LogP contribution is -2.42. The molecule has 3 nitrogen and oxygen atoms in total. The van der Waals surface area contributed by atoms with Gasteiger partial charge in [0.05, 0.1) is 11.5 Å². The van der Waals surface area contributed by atoms with Crippen molar-refractivity contribution < 1.29 is 9.22 Å². The number of halogens is 1. The van der Waals surface area contributed by atoms with Gasteiger partial charge in [0, 0.05) is 19.0 Å². The molecule has 1 aliphatic heterocycles. The summed E-state index contributed by atoms with van der Waals surface area (Å²) < 4.78 is 6.19. The largest absolute Gasteiger partial charge is 0.418 e. The van der Waals surface area contributed by atoms with Crippen LogP contribution in [0, 0.1) is 5.92 Å². The Morgan fingerprint density at radius 1 is 1.30 bits per heavy atom. The Hall–Kier alpha value is -0.0631. The van der Waals surface area contributed by atoms with Crippen LogP contribution in [0.4, 0.5) is 0 Å². The molecular weight excluding hydrogens is 290 g/mol. The standard InChI is InChI=1S/C15H30ClNO2Si/c1-14(2,3)20-19-15(4,5)12-8-11-17(13(12)18)10-7-6-9-16/h12H,6-11,20H2,1-5H3. The highest BCUT2D eigenvalue weighted by Crippen LogP contribution is 2.33. The Bertz CT molecular complexity index is 328. The molecule has 0 aromatic rings. The van der Waals surface area contributed by atoms with Gasteiger partial charge in [-0.25, -0.2) is 0 Å². The summed E-state index contributed by atoms with van der Waals surface area (Å²) in [4.78, 5) is 14.5. The van der Waals surface area contributed by atoms with E-state index in [-0.39, 0.29) is 22.5 Å². The van der Waals surface area contributed by atoms with Gasteiger partial charge in [0.2, 0.25) is 5.91 Å². The smallest absolute Gasteiger partial charge is 0.228 e. The molecule has 0 saturated carbocycles. The first-order chi connectivity index (χ1) is 9.17. The van der Waals surface area contributed by atoms with Crippen LogP contribution in [0.25, 0.3) is 0 Å². The van der Waals surface area contributed by atoms with E-state index < -0.39 is 9.76 Å². The van der Waals surface area contributed by atoms with E-state index in [4.69, 9.17) is 16.0 Å². The Morgan fingerprint density at radius 2 is 1.95 bits per heavy atom. The average Bonchev–Trinajstić information content (AvgIpc) is 2.69. The molecule has 0 N–H and O–H groups in total. The van der Waals surface area contributed by atoms with Gasteiger partial charge in [-0.1, -0.05) is 20.8 Å². The molecule has 0 bridgehead atoms. The molecule has 1 saturated heterocycles. The molecule has 0 aromatic heterocycles. The third-order valence-corrected chi connectivity index (χ3v) is 5.85. The van der Waals surface area contributed by atoms with Gasteiger partial charge < -0.3 is 9.33 Å². The summed E-state index contributed by atoms with van der Waals surface area (Å²) in [7, 11) is -0.636. The molecule has 1 amide bonds. The maximum atomic E-state index is 12.5. The van der Waals surface area contributed by atoms with Crippen LogP contribution in [0.15, 0.2) is 0 Å². The highest BCUT2D eigenvalue weighted by molar-refractivity contribution is 6.31. The number of alkyl halides is 1. The van der Waals surface area contributed by atoms with E-state index in [0.29, 0.717) is 5.88 Å². The Kier molecular flexibility index (Phi) is 6.54. The van der Waals surface area contributed by atoms with Crippen LogP contribution in [0.5, 0.6) is 0 Å². The molecule has 0 aliphatic carbocycles. The fourth-order valence-corrected chi connectivity index (χ4v) is 3.70. The number of nitrogens with zero attached hydrogens (tertiary/aromatic N) is 1. The van der Waals surface area contributed by atoms with Gasteiger partial charge in [-0.3, -0.25) is 4.79 Å². The minimum absolute atomic E-state index is 0.0216. The predicted octanol–water partition coefficient (Wildman–Crippen LogP) is 2.95. The zero-order chi connectivity index (χ0) is 15.4. The first kappa shape index (κ1) is 18.0. The van der Waals surface area contributed by atoms with E-state index in [0.717, 1.165) is 32.4 Å². The van der Waals surface area contributed by atoms with E-state index in [1.807, 2.05) is 4.90 Å². The Balaban J connectivity index is 2.52. The second-order valence-electron chi connectivity index (χ2n) is 7.52. The minimum Gasteiger partial charge on any atom is -0.418 e. The molecular formula is C15H30ClNO2Si. The minimum atomic E-state index is -0.636. The first-order valence-corrected chi connectivity index (χ1v) is 9.48. The molecule has 1 unspecified atom stereocenters. The number of amides is 1. The number of hydrogen-bond donors (Lipinski definition) is 0. The second kappa shape index (κ2) is 7.28. The van der Waals surface area contributed by atoms with Crippen LogP contribution in [0.3, 0.4) is 0 Å². The number of likely N-dealkylation sites (tertiary alicyclic amines) is 1. The van der Waals surface area contributed by atoms with Crippen molar-refractivity contribution in [3.63, 3.8) is 0 Å². The molecule has 5 heteroatoms. The zero-order valence-corrected chi connectivity index (χ0v) is 15.8. The lowest BCUT2D eigenvalue weighted by molar-refractivity contribution is -0.136.